The summed E-state index contributed by atoms with van der Waals surface area (Å²) in [4.78, 5) is 0. The van der Waals surface area contributed by atoms with Gasteiger partial charge in [-0.15, -0.1) is 6.58 Å². The second kappa shape index (κ2) is 6.63. The summed E-state index contributed by atoms with van der Waals surface area (Å²) in [6.45, 7) is 5.27. The summed E-state index contributed by atoms with van der Waals surface area (Å²) < 4.78 is 5.19. The van der Waals surface area contributed by atoms with Gasteiger partial charge in [0, 0.05) is 13.1 Å². The zero-order valence-corrected chi connectivity index (χ0v) is 8.57. The van der Waals surface area contributed by atoms with Crippen molar-refractivity contribution < 1.29 is 4.74 Å². The van der Waals surface area contributed by atoms with E-state index in [1.807, 2.05) is 36.4 Å². The van der Waals surface area contributed by atoms with Crippen LogP contribution in [0.4, 0.5) is 0 Å². The summed E-state index contributed by atoms with van der Waals surface area (Å²) in [5.74, 6) is 0.731. The van der Waals surface area contributed by atoms with Crippen LogP contribution in [0.15, 0.2) is 36.9 Å². The third-order valence-corrected chi connectivity index (χ3v) is 1.82. The van der Waals surface area contributed by atoms with Gasteiger partial charge in [0.2, 0.25) is 0 Å². The van der Waals surface area contributed by atoms with E-state index < -0.39 is 0 Å². The van der Waals surface area contributed by atoms with Crippen molar-refractivity contribution in [2.45, 2.75) is 6.54 Å². The smallest absolute Gasteiger partial charge is 0.174 e. The molecule has 0 amide bonds. The maximum absolute atomic E-state index is 8.37. The fraction of sp³-hybridized carbons (Fsp3) is 0.250. The lowest BCUT2D eigenvalue weighted by Gasteiger charge is -2.05. The second-order valence-corrected chi connectivity index (χ2v) is 3.01. The fourth-order valence-corrected chi connectivity index (χ4v) is 1.18. The SMILES string of the molecule is C=CCNCc1cccc(OCC#N)c1. The number of ether oxygens (including phenoxy) is 1. The molecule has 0 spiro atoms. The van der Waals surface area contributed by atoms with E-state index in [0.29, 0.717) is 0 Å². The first-order valence-corrected chi connectivity index (χ1v) is 4.77. The molecular weight excluding hydrogens is 188 g/mol. The highest BCUT2D eigenvalue weighted by Gasteiger charge is 1.95. The normalized spacial score (nSPS) is 9.27. The Labute approximate surface area is 90.0 Å². The Bertz CT molecular complexity index is 355. The van der Waals surface area contributed by atoms with Crippen molar-refractivity contribution in [1.29, 1.82) is 5.26 Å². The van der Waals surface area contributed by atoms with E-state index in [2.05, 4.69) is 11.9 Å². The second-order valence-electron chi connectivity index (χ2n) is 3.01. The summed E-state index contributed by atoms with van der Waals surface area (Å²) in [6, 6.07) is 9.63. The van der Waals surface area contributed by atoms with Crippen LogP contribution in [0, 0.1) is 11.3 Å². The lowest BCUT2D eigenvalue weighted by molar-refractivity contribution is 0.367. The van der Waals surface area contributed by atoms with Crippen LogP contribution in [0.1, 0.15) is 5.56 Å². The number of rotatable bonds is 6. The van der Waals surface area contributed by atoms with Crippen molar-refractivity contribution in [2.24, 2.45) is 0 Å². The maximum Gasteiger partial charge on any atom is 0.174 e. The molecule has 1 aromatic rings. The molecule has 78 valence electrons. The van der Waals surface area contributed by atoms with Gasteiger partial charge in [0.25, 0.3) is 0 Å². The Hall–Kier alpha value is -1.79. The fourth-order valence-electron chi connectivity index (χ4n) is 1.18. The molecule has 0 saturated carbocycles. The molecule has 0 unspecified atom stereocenters. The number of hydrogen-bond donors (Lipinski definition) is 1. The Morgan fingerprint density at radius 2 is 2.40 bits per heavy atom. The van der Waals surface area contributed by atoms with Gasteiger partial charge in [0.05, 0.1) is 0 Å². The van der Waals surface area contributed by atoms with E-state index in [9.17, 15) is 0 Å². The van der Waals surface area contributed by atoms with Crippen LogP contribution in [-0.4, -0.2) is 13.2 Å². The molecule has 1 N–H and O–H groups in total. The Morgan fingerprint density at radius 1 is 1.53 bits per heavy atom. The third kappa shape index (κ3) is 4.30. The molecule has 1 rings (SSSR count). The quantitative estimate of drug-likeness (QED) is 0.565. The lowest BCUT2D eigenvalue weighted by atomic mass is 10.2. The molecule has 0 radical (unpaired) electrons. The van der Waals surface area contributed by atoms with E-state index in [1.54, 1.807) is 0 Å². The monoisotopic (exact) mass is 202 g/mol. The number of benzene rings is 1. The molecule has 1 aromatic carbocycles. The standard InChI is InChI=1S/C12H14N2O/c1-2-7-14-10-11-4-3-5-12(9-11)15-8-6-13/h2-5,9,14H,1,7-8,10H2. The number of nitrogens with zero attached hydrogens (tertiary/aromatic N) is 1. The summed E-state index contributed by atoms with van der Waals surface area (Å²) in [7, 11) is 0. The number of nitrogens with one attached hydrogen (secondary N) is 1. The van der Waals surface area contributed by atoms with Crippen molar-refractivity contribution in [3.05, 3.63) is 42.5 Å². The Balaban J connectivity index is 2.50. The zero-order valence-electron chi connectivity index (χ0n) is 8.57. The van der Waals surface area contributed by atoms with Crippen molar-refractivity contribution in [3.8, 4) is 11.8 Å². The average Bonchev–Trinajstić information content (AvgIpc) is 2.27. The molecule has 0 aromatic heterocycles. The molecule has 3 nitrogen and oxygen atoms in total. The van der Waals surface area contributed by atoms with Gasteiger partial charge < -0.3 is 10.1 Å². The molecule has 0 heterocycles. The summed E-state index contributed by atoms with van der Waals surface area (Å²) in [6.07, 6.45) is 1.82. The van der Waals surface area contributed by atoms with Gasteiger partial charge in [-0.1, -0.05) is 18.2 Å². The van der Waals surface area contributed by atoms with Crippen molar-refractivity contribution in [3.63, 3.8) is 0 Å². The molecule has 0 bridgehead atoms. The van der Waals surface area contributed by atoms with Crippen LogP contribution < -0.4 is 10.1 Å². The first-order valence-electron chi connectivity index (χ1n) is 4.77. The van der Waals surface area contributed by atoms with Crippen molar-refractivity contribution >= 4 is 0 Å². The molecule has 0 aliphatic rings. The Morgan fingerprint density at radius 3 is 3.13 bits per heavy atom. The van der Waals surface area contributed by atoms with Crippen LogP contribution in [0.3, 0.4) is 0 Å². The molecule has 0 aliphatic heterocycles. The van der Waals surface area contributed by atoms with E-state index >= 15 is 0 Å². The van der Waals surface area contributed by atoms with Crippen LogP contribution in [0.25, 0.3) is 0 Å². The van der Waals surface area contributed by atoms with Crippen LogP contribution in [-0.2, 0) is 6.54 Å². The van der Waals surface area contributed by atoms with Crippen LogP contribution in [0.5, 0.6) is 5.75 Å². The number of nitriles is 1. The average molecular weight is 202 g/mol. The van der Waals surface area contributed by atoms with Gasteiger partial charge >= 0.3 is 0 Å². The topological polar surface area (TPSA) is 45.0 Å². The van der Waals surface area contributed by atoms with Gasteiger partial charge in [-0.05, 0) is 17.7 Å². The zero-order chi connectivity index (χ0) is 10.9. The van der Waals surface area contributed by atoms with Crippen LogP contribution >= 0.6 is 0 Å². The van der Waals surface area contributed by atoms with Crippen molar-refractivity contribution in [1.82, 2.24) is 5.32 Å². The van der Waals surface area contributed by atoms with Crippen molar-refractivity contribution in [2.75, 3.05) is 13.2 Å². The first-order chi connectivity index (χ1) is 7.36. The first kappa shape index (κ1) is 11.3. The van der Waals surface area contributed by atoms with E-state index in [4.69, 9.17) is 10.00 Å². The minimum Gasteiger partial charge on any atom is -0.479 e. The van der Waals surface area contributed by atoms with Gasteiger partial charge in [0.1, 0.15) is 11.8 Å². The predicted molar refractivity (Wildman–Crippen MR) is 59.5 cm³/mol. The summed E-state index contributed by atoms with van der Waals surface area (Å²) >= 11 is 0. The maximum atomic E-state index is 8.37. The lowest BCUT2D eigenvalue weighted by Crippen LogP contribution is -2.12. The van der Waals surface area contributed by atoms with Gasteiger partial charge in [-0.25, -0.2) is 0 Å². The molecule has 15 heavy (non-hydrogen) atoms. The predicted octanol–water partition coefficient (Wildman–Crippen LogP) is 1.86. The third-order valence-electron chi connectivity index (χ3n) is 1.82. The van der Waals surface area contributed by atoms with Gasteiger partial charge in [-0.3, -0.25) is 0 Å². The minimum atomic E-state index is 0.0868. The Kier molecular flexibility index (Phi) is 4.99. The van der Waals surface area contributed by atoms with E-state index in [1.165, 1.54) is 0 Å². The van der Waals surface area contributed by atoms with Crippen LogP contribution in [0.2, 0.25) is 0 Å². The summed E-state index contributed by atoms with van der Waals surface area (Å²) in [5.41, 5.74) is 1.13. The molecular formula is C12H14N2O. The highest BCUT2D eigenvalue weighted by atomic mass is 16.5. The molecule has 0 saturated heterocycles. The highest BCUT2D eigenvalue weighted by molar-refractivity contribution is 5.28. The number of hydrogen-bond acceptors (Lipinski definition) is 3. The molecule has 3 heteroatoms. The van der Waals surface area contributed by atoms with E-state index in [-0.39, 0.29) is 6.61 Å². The van der Waals surface area contributed by atoms with Gasteiger partial charge in [0.15, 0.2) is 6.61 Å². The molecule has 0 fully saturated rings. The highest BCUT2D eigenvalue weighted by Crippen LogP contribution is 2.12. The molecule has 0 aliphatic carbocycles. The largest absolute Gasteiger partial charge is 0.479 e. The minimum absolute atomic E-state index is 0.0868. The summed E-state index contributed by atoms with van der Waals surface area (Å²) in [5, 5.41) is 11.6. The molecule has 0 atom stereocenters. The van der Waals surface area contributed by atoms with Gasteiger partial charge in [-0.2, -0.15) is 5.26 Å². The van der Waals surface area contributed by atoms with E-state index in [0.717, 1.165) is 24.4 Å².